The monoisotopic (exact) mass is 363 g/mol. The molecular formula is C13H22BrN3O2S. The van der Waals surface area contributed by atoms with Gasteiger partial charge in [-0.3, -0.25) is 0 Å². The minimum atomic E-state index is -3.40. The largest absolute Gasteiger partial charge is 0.320 e. The van der Waals surface area contributed by atoms with E-state index >= 15 is 0 Å². The maximum atomic E-state index is 12.3. The SMILES string of the molecule is CNCCCN(C)S(=O)(=O)N(C)Cc1ccc(Br)cc1. The second-order valence-electron chi connectivity index (χ2n) is 4.67. The summed E-state index contributed by atoms with van der Waals surface area (Å²) in [5, 5.41) is 3.01. The number of benzene rings is 1. The summed E-state index contributed by atoms with van der Waals surface area (Å²) in [6, 6.07) is 7.65. The molecule has 0 aliphatic carbocycles. The first-order valence-electron chi connectivity index (χ1n) is 6.44. The Balaban J connectivity index is 2.64. The molecule has 0 atom stereocenters. The van der Waals surface area contributed by atoms with Crippen LogP contribution in [0.3, 0.4) is 0 Å². The van der Waals surface area contributed by atoms with Gasteiger partial charge in [-0.15, -0.1) is 0 Å². The van der Waals surface area contributed by atoms with Crippen LogP contribution in [0.5, 0.6) is 0 Å². The van der Waals surface area contributed by atoms with Gasteiger partial charge in [-0.2, -0.15) is 17.0 Å². The van der Waals surface area contributed by atoms with E-state index in [-0.39, 0.29) is 0 Å². The summed E-state index contributed by atoms with van der Waals surface area (Å²) >= 11 is 3.36. The molecule has 1 N–H and O–H groups in total. The van der Waals surface area contributed by atoms with Gasteiger partial charge in [-0.1, -0.05) is 28.1 Å². The number of hydrogen-bond donors (Lipinski definition) is 1. The zero-order chi connectivity index (χ0) is 15.2. The highest BCUT2D eigenvalue weighted by Crippen LogP contribution is 2.14. The van der Waals surface area contributed by atoms with Gasteiger partial charge in [-0.25, -0.2) is 0 Å². The molecule has 0 fully saturated rings. The molecule has 0 aromatic heterocycles. The summed E-state index contributed by atoms with van der Waals surface area (Å²) in [6.07, 6.45) is 0.790. The van der Waals surface area contributed by atoms with Crippen LogP contribution in [-0.4, -0.2) is 51.3 Å². The van der Waals surface area contributed by atoms with Gasteiger partial charge in [0.25, 0.3) is 10.2 Å². The fourth-order valence-corrected chi connectivity index (χ4v) is 3.17. The molecule has 0 saturated heterocycles. The lowest BCUT2D eigenvalue weighted by atomic mass is 10.2. The minimum Gasteiger partial charge on any atom is -0.320 e. The predicted octanol–water partition coefficient (Wildman–Crippen LogP) is 1.67. The first-order valence-corrected chi connectivity index (χ1v) is 8.63. The van der Waals surface area contributed by atoms with E-state index in [1.165, 1.54) is 8.61 Å². The molecule has 1 aromatic rings. The van der Waals surface area contributed by atoms with Crippen molar-refractivity contribution in [1.29, 1.82) is 0 Å². The molecule has 7 heteroatoms. The van der Waals surface area contributed by atoms with E-state index in [9.17, 15) is 8.42 Å². The lowest BCUT2D eigenvalue weighted by Gasteiger charge is -2.24. The molecule has 0 aliphatic rings. The van der Waals surface area contributed by atoms with Gasteiger partial charge in [0.05, 0.1) is 0 Å². The van der Waals surface area contributed by atoms with Crippen LogP contribution in [0.1, 0.15) is 12.0 Å². The second-order valence-corrected chi connectivity index (χ2v) is 7.73. The molecule has 1 rings (SSSR count). The van der Waals surface area contributed by atoms with Crippen molar-refractivity contribution >= 4 is 26.1 Å². The summed E-state index contributed by atoms with van der Waals surface area (Å²) in [4.78, 5) is 0. The van der Waals surface area contributed by atoms with Crippen molar-refractivity contribution in [3.8, 4) is 0 Å². The number of nitrogens with one attached hydrogen (secondary N) is 1. The standard InChI is InChI=1S/C13H22BrN3O2S/c1-15-9-4-10-16(2)20(18,19)17(3)11-12-5-7-13(14)8-6-12/h5-8,15H,4,9-11H2,1-3H3. The van der Waals surface area contributed by atoms with Crippen LogP contribution in [-0.2, 0) is 16.8 Å². The van der Waals surface area contributed by atoms with Gasteiger partial charge in [0.15, 0.2) is 0 Å². The van der Waals surface area contributed by atoms with E-state index in [2.05, 4.69) is 21.2 Å². The number of halogens is 1. The molecule has 114 valence electrons. The first kappa shape index (κ1) is 17.6. The average molecular weight is 364 g/mol. The molecule has 0 radical (unpaired) electrons. The van der Waals surface area contributed by atoms with Crippen LogP contribution < -0.4 is 5.32 Å². The van der Waals surface area contributed by atoms with Gasteiger partial charge in [0, 0.05) is 31.7 Å². The highest BCUT2D eigenvalue weighted by Gasteiger charge is 2.23. The maximum absolute atomic E-state index is 12.3. The molecular weight excluding hydrogens is 342 g/mol. The lowest BCUT2D eigenvalue weighted by molar-refractivity contribution is 0.385. The fourth-order valence-electron chi connectivity index (χ4n) is 1.76. The molecule has 0 bridgehead atoms. The summed E-state index contributed by atoms with van der Waals surface area (Å²) in [5.74, 6) is 0. The fraction of sp³-hybridized carbons (Fsp3) is 0.538. The second kappa shape index (κ2) is 8.09. The van der Waals surface area contributed by atoms with Crippen molar-refractivity contribution < 1.29 is 8.42 Å². The van der Waals surface area contributed by atoms with Crippen molar-refractivity contribution in [2.45, 2.75) is 13.0 Å². The highest BCUT2D eigenvalue weighted by molar-refractivity contribution is 9.10. The Morgan fingerprint density at radius 3 is 2.30 bits per heavy atom. The molecule has 0 saturated carbocycles. The van der Waals surface area contributed by atoms with Gasteiger partial charge < -0.3 is 5.32 Å². The van der Waals surface area contributed by atoms with E-state index < -0.39 is 10.2 Å². The third-order valence-electron chi connectivity index (χ3n) is 3.01. The molecule has 0 unspecified atom stereocenters. The third kappa shape index (κ3) is 5.14. The lowest BCUT2D eigenvalue weighted by Crippen LogP contribution is -2.40. The Morgan fingerprint density at radius 1 is 1.15 bits per heavy atom. The van der Waals surface area contributed by atoms with Crippen LogP contribution in [0, 0.1) is 0 Å². The number of nitrogens with zero attached hydrogens (tertiary/aromatic N) is 2. The van der Waals surface area contributed by atoms with Gasteiger partial charge in [0.2, 0.25) is 0 Å². The van der Waals surface area contributed by atoms with Gasteiger partial charge in [0.1, 0.15) is 0 Å². The highest BCUT2D eigenvalue weighted by atomic mass is 79.9. The summed E-state index contributed by atoms with van der Waals surface area (Å²) < 4.78 is 28.4. The quantitative estimate of drug-likeness (QED) is 0.714. The van der Waals surface area contributed by atoms with Crippen LogP contribution in [0.2, 0.25) is 0 Å². The van der Waals surface area contributed by atoms with Crippen LogP contribution in [0.4, 0.5) is 0 Å². The summed E-state index contributed by atoms with van der Waals surface area (Å²) in [6.45, 7) is 1.68. The first-order chi connectivity index (χ1) is 9.37. The summed E-state index contributed by atoms with van der Waals surface area (Å²) in [5.41, 5.74) is 0.961. The summed E-state index contributed by atoms with van der Waals surface area (Å²) in [7, 11) is 1.67. The van der Waals surface area contributed by atoms with Crippen molar-refractivity contribution in [1.82, 2.24) is 13.9 Å². The van der Waals surface area contributed by atoms with Crippen molar-refractivity contribution in [3.63, 3.8) is 0 Å². The average Bonchev–Trinajstić information content (AvgIpc) is 2.41. The van der Waals surface area contributed by atoms with Crippen molar-refractivity contribution in [2.24, 2.45) is 0 Å². The third-order valence-corrected chi connectivity index (χ3v) is 5.42. The molecule has 1 aromatic carbocycles. The Bertz CT molecular complexity index is 505. The van der Waals surface area contributed by atoms with Crippen LogP contribution in [0.15, 0.2) is 28.7 Å². The van der Waals surface area contributed by atoms with Crippen LogP contribution in [0.25, 0.3) is 0 Å². The molecule has 0 heterocycles. The number of rotatable bonds is 8. The smallest absolute Gasteiger partial charge is 0.281 e. The normalized spacial score (nSPS) is 12.3. The van der Waals surface area contributed by atoms with E-state index in [0.29, 0.717) is 13.1 Å². The Morgan fingerprint density at radius 2 is 1.75 bits per heavy atom. The molecule has 20 heavy (non-hydrogen) atoms. The van der Waals surface area contributed by atoms with E-state index in [4.69, 9.17) is 0 Å². The predicted molar refractivity (Wildman–Crippen MR) is 85.7 cm³/mol. The molecule has 5 nitrogen and oxygen atoms in total. The Hall–Kier alpha value is -0.470. The van der Waals surface area contributed by atoms with Gasteiger partial charge >= 0.3 is 0 Å². The zero-order valence-corrected chi connectivity index (χ0v) is 14.5. The molecule has 0 spiro atoms. The van der Waals surface area contributed by atoms with E-state index in [1.807, 2.05) is 31.3 Å². The van der Waals surface area contributed by atoms with Crippen molar-refractivity contribution in [2.75, 3.05) is 34.2 Å². The van der Waals surface area contributed by atoms with Gasteiger partial charge in [-0.05, 0) is 37.7 Å². The Kier molecular flexibility index (Phi) is 7.11. The molecule has 0 amide bonds. The molecule has 0 aliphatic heterocycles. The van der Waals surface area contributed by atoms with Crippen LogP contribution >= 0.6 is 15.9 Å². The minimum absolute atomic E-state index is 0.367. The Labute approximate surface area is 130 Å². The van der Waals surface area contributed by atoms with E-state index in [0.717, 1.165) is 23.0 Å². The topological polar surface area (TPSA) is 52.7 Å². The van der Waals surface area contributed by atoms with Crippen molar-refractivity contribution in [3.05, 3.63) is 34.3 Å². The van der Waals surface area contributed by atoms with E-state index in [1.54, 1.807) is 14.1 Å². The maximum Gasteiger partial charge on any atom is 0.281 e. The zero-order valence-electron chi connectivity index (χ0n) is 12.1. The number of hydrogen-bond acceptors (Lipinski definition) is 3.